The summed E-state index contributed by atoms with van der Waals surface area (Å²) in [5.74, 6) is 0.0665. The minimum atomic E-state index is -3.35. The van der Waals surface area contributed by atoms with Gasteiger partial charge in [-0.25, -0.2) is 8.42 Å². The van der Waals surface area contributed by atoms with E-state index in [0.717, 1.165) is 24.9 Å². The van der Waals surface area contributed by atoms with Crippen LogP contribution < -0.4 is 15.4 Å². The van der Waals surface area contributed by atoms with Crippen LogP contribution in [0.4, 0.5) is 11.4 Å². The Morgan fingerprint density at radius 2 is 2.04 bits per heavy atom. The van der Waals surface area contributed by atoms with E-state index in [0.29, 0.717) is 23.8 Å². The highest BCUT2D eigenvalue weighted by Crippen LogP contribution is 2.26. The number of rotatable bonds is 6. The maximum Gasteiger partial charge on any atom is 0.232 e. The average molecular weight is 353 g/mol. The number of hydrogen-bond acceptors (Lipinski definition) is 4. The van der Waals surface area contributed by atoms with Gasteiger partial charge >= 0.3 is 0 Å². The minimum absolute atomic E-state index is 0.0000142. The lowest BCUT2D eigenvalue weighted by Crippen LogP contribution is -2.40. The van der Waals surface area contributed by atoms with Crippen molar-refractivity contribution in [3.8, 4) is 0 Å². The predicted molar refractivity (Wildman–Crippen MR) is 97.7 cm³/mol. The van der Waals surface area contributed by atoms with Gasteiger partial charge in [0.15, 0.2) is 0 Å². The molecule has 1 amide bonds. The first-order valence-electron chi connectivity index (χ1n) is 8.46. The first-order valence-corrected chi connectivity index (χ1v) is 10.1. The van der Waals surface area contributed by atoms with Gasteiger partial charge < -0.3 is 10.6 Å². The predicted octanol–water partition coefficient (Wildman–Crippen LogP) is 2.47. The van der Waals surface area contributed by atoms with E-state index in [2.05, 4.69) is 22.3 Å². The second-order valence-electron chi connectivity index (χ2n) is 6.46. The van der Waals surface area contributed by atoms with Gasteiger partial charge in [-0.15, -0.1) is 0 Å². The number of benzene rings is 1. The summed E-state index contributed by atoms with van der Waals surface area (Å²) in [5, 5.41) is 6.29. The van der Waals surface area contributed by atoms with E-state index >= 15 is 0 Å². The van der Waals surface area contributed by atoms with Gasteiger partial charge in [-0.05, 0) is 57.4 Å². The molecule has 1 aromatic rings. The Labute approximate surface area is 144 Å². The number of hydrogen-bond donors (Lipinski definition) is 3. The van der Waals surface area contributed by atoms with Crippen LogP contribution in [0.3, 0.4) is 0 Å². The molecule has 3 N–H and O–H groups in total. The number of carbonyl (C=O) groups excluding carboxylic acids is 1. The number of anilines is 2. The van der Waals surface area contributed by atoms with E-state index in [9.17, 15) is 13.2 Å². The highest BCUT2D eigenvalue weighted by Gasteiger charge is 2.25. The fourth-order valence-corrected chi connectivity index (χ4v) is 4.17. The van der Waals surface area contributed by atoms with E-state index in [4.69, 9.17) is 0 Å². The normalized spacial score (nSPS) is 21.3. The lowest BCUT2D eigenvalue weighted by Gasteiger charge is -2.27. The van der Waals surface area contributed by atoms with Crippen molar-refractivity contribution in [2.75, 3.05) is 22.3 Å². The van der Waals surface area contributed by atoms with E-state index in [1.54, 1.807) is 18.2 Å². The van der Waals surface area contributed by atoms with E-state index in [1.807, 2.05) is 13.8 Å². The Morgan fingerprint density at radius 3 is 2.71 bits per heavy atom. The molecule has 0 radical (unpaired) electrons. The first-order chi connectivity index (χ1) is 11.3. The van der Waals surface area contributed by atoms with Gasteiger partial charge in [0.1, 0.15) is 0 Å². The molecule has 0 saturated carbocycles. The molecule has 0 unspecified atom stereocenters. The third-order valence-corrected chi connectivity index (χ3v) is 5.80. The summed E-state index contributed by atoms with van der Waals surface area (Å²) in [6.45, 7) is 6.55. The highest BCUT2D eigenvalue weighted by atomic mass is 32.2. The van der Waals surface area contributed by atoms with Crippen molar-refractivity contribution in [1.82, 2.24) is 5.32 Å². The molecule has 1 aliphatic rings. The van der Waals surface area contributed by atoms with Crippen molar-refractivity contribution in [3.05, 3.63) is 23.8 Å². The van der Waals surface area contributed by atoms with Gasteiger partial charge in [0, 0.05) is 17.6 Å². The Bertz CT molecular complexity index is 688. The van der Waals surface area contributed by atoms with Crippen LogP contribution in [0.25, 0.3) is 0 Å². The Balaban J connectivity index is 2.11. The molecule has 0 spiro atoms. The number of amides is 1. The van der Waals surface area contributed by atoms with Gasteiger partial charge in [0.2, 0.25) is 15.9 Å². The standard InChI is InChI=1S/C17H27N3O3S/c1-4-10-24(22,23)20-16-7-5-6-15(13(16)3)19-17(21)14-8-9-18-12(2)11-14/h5-7,12,14,18,20H,4,8-11H2,1-3H3,(H,19,21)/t12-,14-/m0/s1. The molecule has 24 heavy (non-hydrogen) atoms. The topological polar surface area (TPSA) is 87.3 Å². The quantitative estimate of drug-likeness (QED) is 0.733. The molecule has 0 aliphatic carbocycles. The summed E-state index contributed by atoms with van der Waals surface area (Å²) in [7, 11) is -3.35. The van der Waals surface area contributed by atoms with Crippen molar-refractivity contribution in [3.63, 3.8) is 0 Å². The van der Waals surface area contributed by atoms with Crippen LogP contribution in [0.15, 0.2) is 18.2 Å². The summed E-state index contributed by atoms with van der Waals surface area (Å²) in [4.78, 5) is 12.5. The van der Waals surface area contributed by atoms with Crippen LogP contribution in [-0.4, -0.2) is 32.7 Å². The number of piperidine rings is 1. The molecule has 0 aromatic heterocycles. The van der Waals surface area contributed by atoms with Crippen LogP contribution >= 0.6 is 0 Å². The Kier molecular flexibility index (Phi) is 6.23. The van der Waals surface area contributed by atoms with Crippen LogP contribution in [0, 0.1) is 12.8 Å². The van der Waals surface area contributed by atoms with Crippen LogP contribution in [-0.2, 0) is 14.8 Å². The van der Waals surface area contributed by atoms with Gasteiger partial charge in [0.05, 0.1) is 11.4 Å². The second kappa shape index (κ2) is 7.98. The molecule has 6 nitrogen and oxygen atoms in total. The van der Waals surface area contributed by atoms with Gasteiger partial charge in [0.25, 0.3) is 0 Å². The molecular formula is C17H27N3O3S. The molecule has 2 atom stereocenters. The molecule has 1 saturated heterocycles. The minimum Gasteiger partial charge on any atom is -0.326 e. The van der Waals surface area contributed by atoms with Crippen molar-refractivity contribution in [2.45, 2.75) is 46.1 Å². The first kappa shape index (κ1) is 18.7. The van der Waals surface area contributed by atoms with Crippen molar-refractivity contribution >= 4 is 27.3 Å². The zero-order valence-corrected chi connectivity index (χ0v) is 15.4. The number of nitrogens with one attached hydrogen (secondary N) is 3. The fraction of sp³-hybridized carbons (Fsp3) is 0.588. The van der Waals surface area contributed by atoms with Crippen molar-refractivity contribution < 1.29 is 13.2 Å². The maximum atomic E-state index is 12.5. The fourth-order valence-electron chi connectivity index (χ4n) is 2.97. The Morgan fingerprint density at radius 1 is 1.33 bits per heavy atom. The molecule has 134 valence electrons. The van der Waals surface area contributed by atoms with Crippen molar-refractivity contribution in [1.29, 1.82) is 0 Å². The third kappa shape index (κ3) is 4.95. The molecule has 1 heterocycles. The SMILES string of the molecule is CCCS(=O)(=O)Nc1cccc(NC(=O)[C@H]2CCN[C@@H](C)C2)c1C. The van der Waals surface area contributed by atoms with Crippen LogP contribution in [0.1, 0.15) is 38.7 Å². The van der Waals surface area contributed by atoms with Gasteiger partial charge in [-0.3, -0.25) is 9.52 Å². The number of sulfonamides is 1. The molecule has 1 fully saturated rings. The molecule has 1 aromatic carbocycles. The largest absolute Gasteiger partial charge is 0.326 e. The summed E-state index contributed by atoms with van der Waals surface area (Å²) >= 11 is 0. The Hall–Kier alpha value is -1.60. The zero-order chi connectivity index (χ0) is 17.7. The summed E-state index contributed by atoms with van der Waals surface area (Å²) < 4.78 is 26.5. The average Bonchev–Trinajstić information content (AvgIpc) is 2.51. The van der Waals surface area contributed by atoms with E-state index in [1.165, 1.54) is 0 Å². The van der Waals surface area contributed by atoms with Crippen molar-refractivity contribution in [2.24, 2.45) is 5.92 Å². The molecule has 2 rings (SSSR count). The summed E-state index contributed by atoms with van der Waals surface area (Å²) in [6, 6.07) is 5.60. The monoisotopic (exact) mass is 353 g/mol. The molecule has 1 aliphatic heterocycles. The van der Waals surface area contributed by atoms with Gasteiger partial charge in [-0.1, -0.05) is 13.0 Å². The summed E-state index contributed by atoms with van der Waals surface area (Å²) in [5.41, 5.74) is 1.90. The molecule has 0 bridgehead atoms. The van der Waals surface area contributed by atoms with Gasteiger partial charge in [-0.2, -0.15) is 0 Å². The van der Waals surface area contributed by atoms with E-state index < -0.39 is 10.0 Å². The lowest BCUT2D eigenvalue weighted by molar-refractivity contribution is -0.120. The highest BCUT2D eigenvalue weighted by molar-refractivity contribution is 7.92. The number of carbonyl (C=O) groups is 1. The lowest BCUT2D eigenvalue weighted by atomic mass is 9.92. The maximum absolute atomic E-state index is 12.5. The third-order valence-electron chi connectivity index (χ3n) is 4.32. The molecule has 7 heteroatoms. The van der Waals surface area contributed by atoms with Crippen LogP contribution in [0.5, 0.6) is 0 Å². The van der Waals surface area contributed by atoms with Crippen LogP contribution in [0.2, 0.25) is 0 Å². The van der Waals surface area contributed by atoms with E-state index in [-0.39, 0.29) is 17.6 Å². The second-order valence-corrected chi connectivity index (χ2v) is 8.31. The zero-order valence-electron chi connectivity index (χ0n) is 14.6. The molecular weight excluding hydrogens is 326 g/mol. The summed E-state index contributed by atoms with van der Waals surface area (Å²) in [6.07, 6.45) is 2.18. The smallest absolute Gasteiger partial charge is 0.232 e.